The Hall–Kier alpha value is -2.95. The molecule has 1 atom stereocenters. The number of aliphatic carboxylic acids is 1. The van der Waals surface area contributed by atoms with Gasteiger partial charge in [-0.25, -0.2) is 9.78 Å². The minimum absolute atomic E-state index is 0.364. The van der Waals surface area contributed by atoms with E-state index in [1.54, 1.807) is 54.6 Å². The zero-order valence-corrected chi connectivity index (χ0v) is 11.0. The molecule has 0 aliphatic carbocycles. The van der Waals surface area contributed by atoms with E-state index in [1.165, 1.54) is 6.33 Å². The molecule has 21 heavy (non-hydrogen) atoms. The number of rotatable bonds is 3. The van der Waals surface area contributed by atoms with Crippen LogP contribution in [0, 0.1) is 0 Å². The number of hydrogen-bond donors (Lipinski definition) is 1. The molecule has 0 saturated carbocycles. The third-order valence-corrected chi connectivity index (χ3v) is 3.32. The van der Waals surface area contributed by atoms with Crippen LogP contribution in [0.3, 0.4) is 0 Å². The van der Waals surface area contributed by atoms with E-state index < -0.39 is 12.0 Å². The van der Waals surface area contributed by atoms with E-state index in [2.05, 4.69) is 4.98 Å². The third-order valence-electron chi connectivity index (χ3n) is 3.32. The van der Waals surface area contributed by atoms with Crippen LogP contribution in [0.15, 0.2) is 65.7 Å². The number of carboxylic acid groups (broad SMARTS) is 1. The maximum atomic E-state index is 12.5. The number of fused-ring (bicyclic) bond motifs is 1. The van der Waals surface area contributed by atoms with Crippen LogP contribution in [-0.2, 0) is 4.79 Å². The first-order valence-corrected chi connectivity index (χ1v) is 6.42. The first kappa shape index (κ1) is 13.1. The minimum atomic E-state index is -1.10. The number of para-hydroxylation sites is 1. The Morgan fingerprint density at radius 2 is 1.71 bits per heavy atom. The van der Waals surface area contributed by atoms with Crippen LogP contribution < -0.4 is 5.56 Å². The Morgan fingerprint density at radius 1 is 1.05 bits per heavy atom. The van der Waals surface area contributed by atoms with Crippen molar-refractivity contribution in [3.05, 3.63) is 76.8 Å². The van der Waals surface area contributed by atoms with E-state index in [4.69, 9.17) is 0 Å². The van der Waals surface area contributed by atoms with Crippen molar-refractivity contribution in [2.24, 2.45) is 0 Å². The van der Waals surface area contributed by atoms with Gasteiger partial charge in [-0.2, -0.15) is 0 Å². The predicted molar refractivity (Wildman–Crippen MR) is 78.2 cm³/mol. The van der Waals surface area contributed by atoms with Gasteiger partial charge in [0.05, 0.1) is 17.2 Å². The van der Waals surface area contributed by atoms with Gasteiger partial charge in [0.1, 0.15) is 0 Å². The van der Waals surface area contributed by atoms with Crippen molar-refractivity contribution < 1.29 is 9.90 Å². The van der Waals surface area contributed by atoms with Crippen molar-refractivity contribution in [1.29, 1.82) is 0 Å². The van der Waals surface area contributed by atoms with Crippen LogP contribution in [0.1, 0.15) is 11.6 Å². The lowest BCUT2D eigenvalue weighted by atomic mass is 10.1. The first-order chi connectivity index (χ1) is 10.2. The summed E-state index contributed by atoms with van der Waals surface area (Å²) in [5.74, 6) is -1.10. The molecule has 104 valence electrons. The molecule has 3 rings (SSSR count). The Kier molecular flexibility index (Phi) is 3.23. The highest BCUT2D eigenvalue weighted by Gasteiger charge is 2.23. The SMILES string of the molecule is O=C(O)C(c1ccccc1)n1cnc2ccccc2c1=O. The monoisotopic (exact) mass is 280 g/mol. The average Bonchev–Trinajstić information content (AvgIpc) is 2.51. The summed E-state index contributed by atoms with van der Waals surface area (Å²) in [5.41, 5.74) is 0.719. The van der Waals surface area contributed by atoms with Crippen molar-refractivity contribution in [3.8, 4) is 0 Å². The van der Waals surface area contributed by atoms with E-state index in [0.29, 0.717) is 16.5 Å². The van der Waals surface area contributed by atoms with Crippen molar-refractivity contribution in [2.45, 2.75) is 6.04 Å². The van der Waals surface area contributed by atoms with Crippen molar-refractivity contribution in [3.63, 3.8) is 0 Å². The summed E-state index contributed by atoms with van der Waals surface area (Å²) in [6.45, 7) is 0. The van der Waals surface area contributed by atoms with Gasteiger partial charge < -0.3 is 5.11 Å². The average molecular weight is 280 g/mol. The number of nitrogens with zero attached hydrogens (tertiary/aromatic N) is 2. The van der Waals surface area contributed by atoms with Gasteiger partial charge in [-0.15, -0.1) is 0 Å². The molecule has 0 spiro atoms. The van der Waals surface area contributed by atoms with Crippen LogP contribution in [0.2, 0.25) is 0 Å². The molecule has 1 heterocycles. The second kappa shape index (κ2) is 5.20. The van der Waals surface area contributed by atoms with Gasteiger partial charge in [0.2, 0.25) is 0 Å². The van der Waals surface area contributed by atoms with Gasteiger partial charge >= 0.3 is 5.97 Å². The van der Waals surface area contributed by atoms with Crippen LogP contribution in [0.5, 0.6) is 0 Å². The van der Waals surface area contributed by atoms with Gasteiger partial charge in [-0.3, -0.25) is 9.36 Å². The maximum Gasteiger partial charge on any atom is 0.331 e. The number of hydrogen-bond acceptors (Lipinski definition) is 3. The Bertz CT molecular complexity index is 856. The molecule has 3 aromatic rings. The van der Waals surface area contributed by atoms with Crippen molar-refractivity contribution in [2.75, 3.05) is 0 Å². The fourth-order valence-electron chi connectivity index (χ4n) is 2.32. The van der Waals surface area contributed by atoms with Crippen LogP contribution in [0.25, 0.3) is 10.9 Å². The van der Waals surface area contributed by atoms with E-state index in [1.807, 2.05) is 0 Å². The second-order valence-electron chi connectivity index (χ2n) is 4.63. The number of carboxylic acids is 1. The zero-order chi connectivity index (χ0) is 14.8. The van der Waals surface area contributed by atoms with Crippen LogP contribution in [0.4, 0.5) is 0 Å². The number of benzene rings is 2. The molecule has 5 heteroatoms. The van der Waals surface area contributed by atoms with E-state index in [-0.39, 0.29) is 5.56 Å². The quantitative estimate of drug-likeness (QED) is 0.797. The summed E-state index contributed by atoms with van der Waals surface area (Å²) in [7, 11) is 0. The van der Waals surface area contributed by atoms with Crippen LogP contribution >= 0.6 is 0 Å². The summed E-state index contributed by atoms with van der Waals surface area (Å²) in [6.07, 6.45) is 1.29. The molecule has 2 aromatic carbocycles. The molecule has 0 saturated heterocycles. The van der Waals surface area contributed by atoms with E-state index >= 15 is 0 Å². The molecule has 5 nitrogen and oxygen atoms in total. The highest BCUT2D eigenvalue weighted by molar-refractivity contribution is 5.79. The number of aromatic nitrogens is 2. The Morgan fingerprint density at radius 3 is 2.43 bits per heavy atom. The highest BCUT2D eigenvalue weighted by atomic mass is 16.4. The smallest absolute Gasteiger partial charge is 0.331 e. The van der Waals surface area contributed by atoms with Gasteiger partial charge in [-0.1, -0.05) is 42.5 Å². The Labute approximate surface area is 120 Å². The minimum Gasteiger partial charge on any atom is -0.479 e. The summed E-state index contributed by atoms with van der Waals surface area (Å²) < 4.78 is 1.15. The molecular weight excluding hydrogens is 268 g/mol. The molecule has 0 radical (unpaired) electrons. The van der Waals surface area contributed by atoms with Gasteiger partial charge in [0.25, 0.3) is 5.56 Å². The molecule has 0 amide bonds. The van der Waals surface area contributed by atoms with Crippen molar-refractivity contribution >= 4 is 16.9 Å². The lowest BCUT2D eigenvalue weighted by molar-refractivity contribution is -0.139. The molecular formula is C16H12N2O3. The normalized spacial score (nSPS) is 12.2. The van der Waals surface area contributed by atoms with Gasteiger partial charge in [0.15, 0.2) is 6.04 Å². The maximum absolute atomic E-state index is 12.5. The third kappa shape index (κ3) is 2.29. The van der Waals surface area contributed by atoms with Crippen LogP contribution in [-0.4, -0.2) is 20.6 Å². The molecule has 1 unspecified atom stereocenters. The summed E-state index contributed by atoms with van der Waals surface area (Å²) in [5, 5.41) is 9.89. The Balaban J connectivity index is 2.24. The lowest BCUT2D eigenvalue weighted by Crippen LogP contribution is -2.30. The predicted octanol–water partition coefficient (Wildman–Crippen LogP) is 2.07. The second-order valence-corrected chi connectivity index (χ2v) is 4.63. The fraction of sp³-hybridized carbons (Fsp3) is 0.0625. The summed E-state index contributed by atoms with van der Waals surface area (Å²) in [4.78, 5) is 28.3. The zero-order valence-electron chi connectivity index (χ0n) is 11.0. The highest BCUT2D eigenvalue weighted by Crippen LogP contribution is 2.17. The molecule has 0 aliphatic rings. The van der Waals surface area contributed by atoms with Gasteiger partial charge in [0, 0.05) is 0 Å². The first-order valence-electron chi connectivity index (χ1n) is 6.42. The summed E-state index contributed by atoms with van der Waals surface area (Å²) in [6, 6.07) is 14.4. The number of carbonyl (C=O) groups is 1. The largest absolute Gasteiger partial charge is 0.479 e. The lowest BCUT2D eigenvalue weighted by Gasteiger charge is -2.16. The standard InChI is InChI=1S/C16H12N2O3/c19-15-12-8-4-5-9-13(12)17-10-18(15)14(16(20)21)11-6-2-1-3-7-11/h1-10,14H,(H,20,21). The topological polar surface area (TPSA) is 72.2 Å². The molecule has 1 N–H and O–H groups in total. The molecule has 0 aliphatic heterocycles. The van der Waals surface area contributed by atoms with E-state index in [0.717, 1.165) is 4.57 Å². The molecule has 0 bridgehead atoms. The molecule has 1 aromatic heterocycles. The summed E-state index contributed by atoms with van der Waals surface area (Å²) >= 11 is 0. The van der Waals surface area contributed by atoms with Gasteiger partial charge in [-0.05, 0) is 17.7 Å². The van der Waals surface area contributed by atoms with Crippen molar-refractivity contribution in [1.82, 2.24) is 9.55 Å². The fourth-order valence-corrected chi connectivity index (χ4v) is 2.32. The van der Waals surface area contributed by atoms with E-state index in [9.17, 15) is 14.7 Å². The molecule has 0 fully saturated rings.